The molecule has 0 radical (unpaired) electrons. The molecule has 2 atom stereocenters. The van der Waals surface area contributed by atoms with Gasteiger partial charge in [-0.25, -0.2) is 4.79 Å². The Morgan fingerprint density at radius 1 is 1.28 bits per heavy atom. The molecule has 18 heavy (non-hydrogen) atoms. The maximum absolute atomic E-state index is 12.0. The SMILES string of the molecule is C[C@@H]1CC[C@H](C)N(C(=O)OCc2ccccc2)C1. The second kappa shape index (κ2) is 5.89. The third-order valence-electron chi connectivity index (χ3n) is 3.56. The van der Waals surface area contributed by atoms with Crippen molar-refractivity contribution in [3.8, 4) is 0 Å². The zero-order chi connectivity index (χ0) is 13.0. The van der Waals surface area contributed by atoms with Gasteiger partial charge in [-0.2, -0.15) is 0 Å². The first-order chi connectivity index (χ1) is 8.66. The van der Waals surface area contributed by atoms with E-state index >= 15 is 0 Å². The molecule has 0 aliphatic carbocycles. The molecule has 0 aromatic heterocycles. The molecule has 1 heterocycles. The van der Waals surface area contributed by atoms with Crippen molar-refractivity contribution in [1.82, 2.24) is 4.90 Å². The molecule has 1 fully saturated rings. The molecule has 1 saturated heterocycles. The van der Waals surface area contributed by atoms with Gasteiger partial charge in [-0.3, -0.25) is 0 Å². The normalized spacial score (nSPS) is 23.8. The van der Waals surface area contributed by atoms with Gasteiger partial charge in [-0.05, 0) is 31.2 Å². The molecule has 0 N–H and O–H groups in total. The summed E-state index contributed by atoms with van der Waals surface area (Å²) >= 11 is 0. The minimum Gasteiger partial charge on any atom is -0.445 e. The highest BCUT2D eigenvalue weighted by molar-refractivity contribution is 5.68. The second-order valence-corrected chi connectivity index (χ2v) is 5.22. The summed E-state index contributed by atoms with van der Waals surface area (Å²) < 4.78 is 5.37. The predicted molar refractivity (Wildman–Crippen MR) is 71.2 cm³/mol. The molecule has 1 aliphatic rings. The number of hydrogen-bond acceptors (Lipinski definition) is 2. The number of nitrogens with zero attached hydrogens (tertiary/aromatic N) is 1. The standard InChI is InChI=1S/C15H21NO2/c1-12-8-9-13(2)16(10-12)15(17)18-11-14-6-4-3-5-7-14/h3-7,12-13H,8-11H2,1-2H3/t12-,13+/m1/s1. The van der Waals surface area contributed by atoms with Crippen molar-refractivity contribution in [1.29, 1.82) is 0 Å². The predicted octanol–water partition coefficient (Wildman–Crippen LogP) is 3.44. The van der Waals surface area contributed by atoms with Crippen LogP contribution in [0.25, 0.3) is 0 Å². The summed E-state index contributed by atoms with van der Waals surface area (Å²) in [5.74, 6) is 0.575. The number of piperidine rings is 1. The molecular weight excluding hydrogens is 226 g/mol. The van der Waals surface area contributed by atoms with E-state index in [-0.39, 0.29) is 6.09 Å². The topological polar surface area (TPSA) is 29.5 Å². The van der Waals surface area contributed by atoms with Crippen molar-refractivity contribution < 1.29 is 9.53 Å². The molecule has 0 bridgehead atoms. The highest BCUT2D eigenvalue weighted by Gasteiger charge is 2.27. The smallest absolute Gasteiger partial charge is 0.410 e. The Morgan fingerprint density at radius 2 is 2.00 bits per heavy atom. The first kappa shape index (κ1) is 12.9. The molecule has 0 saturated carbocycles. The molecular formula is C15H21NO2. The number of hydrogen-bond donors (Lipinski definition) is 0. The first-order valence-electron chi connectivity index (χ1n) is 6.64. The molecule has 1 aromatic carbocycles. The lowest BCUT2D eigenvalue weighted by Gasteiger charge is -2.35. The summed E-state index contributed by atoms with van der Waals surface area (Å²) in [7, 11) is 0. The van der Waals surface area contributed by atoms with Crippen LogP contribution in [0.1, 0.15) is 32.3 Å². The molecule has 1 aliphatic heterocycles. The van der Waals surface area contributed by atoms with Gasteiger partial charge in [0.2, 0.25) is 0 Å². The fraction of sp³-hybridized carbons (Fsp3) is 0.533. The monoisotopic (exact) mass is 247 g/mol. The van der Waals surface area contributed by atoms with E-state index in [1.54, 1.807) is 0 Å². The van der Waals surface area contributed by atoms with Gasteiger partial charge in [0.05, 0.1) is 0 Å². The van der Waals surface area contributed by atoms with Crippen LogP contribution in [0, 0.1) is 5.92 Å². The Bertz CT molecular complexity index is 391. The van der Waals surface area contributed by atoms with Crippen LogP contribution in [0.3, 0.4) is 0 Å². The maximum Gasteiger partial charge on any atom is 0.410 e. The van der Waals surface area contributed by atoms with E-state index in [2.05, 4.69) is 13.8 Å². The Balaban J connectivity index is 1.87. The number of benzene rings is 1. The quantitative estimate of drug-likeness (QED) is 0.801. The van der Waals surface area contributed by atoms with Crippen molar-refractivity contribution in [2.45, 2.75) is 39.3 Å². The number of carbonyl (C=O) groups is 1. The number of carbonyl (C=O) groups excluding carboxylic acids is 1. The third kappa shape index (κ3) is 3.25. The van der Waals surface area contributed by atoms with Gasteiger partial charge in [0.1, 0.15) is 6.61 Å². The zero-order valence-electron chi connectivity index (χ0n) is 11.1. The van der Waals surface area contributed by atoms with Gasteiger partial charge in [-0.1, -0.05) is 37.3 Å². The largest absolute Gasteiger partial charge is 0.445 e. The highest BCUT2D eigenvalue weighted by atomic mass is 16.6. The van der Waals surface area contributed by atoms with Crippen molar-refractivity contribution in [3.63, 3.8) is 0 Å². The van der Waals surface area contributed by atoms with Crippen LogP contribution in [0.5, 0.6) is 0 Å². The Hall–Kier alpha value is -1.51. The van der Waals surface area contributed by atoms with E-state index in [0.29, 0.717) is 18.6 Å². The number of ether oxygens (including phenoxy) is 1. The van der Waals surface area contributed by atoms with Crippen LogP contribution in [0.2, 0.25) is 0 Å². The molecule has 0 unspecified atom stereocenters. The molecule has 1 amide bonds. The molecule has 1 aromatic rings. The van der Waals surface area contributed by atoms with Gasteiger partial charge in [0.15, 0.2) is 0 Å². The Labute approximate surface area is 109 Å². The lowest BCUT2D eigenvalue weighted by atomic mass is 9.96. The lowest BCUT2D eigenvalue weighted by molar-refractivity contribution is 0.0613. The molecule has 3 heteroatoms. The average Bonchev–Trinajstić information content (AvgIpc) is 2.40. The average molecular weight is 247 g/mol. The van der Waals surface area contributed by atoms with Crippen LogP contribution in [0.15, 0.2) is 30.3 Å². The van der Waals surface area contributed by atoms with E-state index in [1.165, 1.54) is 6.42 Å². The van der Waals surface area contributed by atoms with Gasteiger partial charge >= 0.3 is 6.09 Å². The van der Waals surface area contributed by atoms with Gasteiger partial charge in [0.25, 0.3) is 0 Å². The van der Waals surface area contributed by atoms with E-state index in [9.17, 15) is 4.79 Å². The summed E-state index contributed by atoms with van der Waals surface area (Å²) in [6.07, 6.45) is 2.09. The van der Waals surface area contributed by atoms with Crippen LogP contribution < -0.4 is 0 Å². The van der Waals surface area contributed by atoms with Crippen molar-refractivity contribution in [2.24, 2.45) is 5.92 Å². The molecule has 98 valence electrons. The van der Waals surface area contributed by atoms with Crippen molar-refractivity contribution >= 4 is 6.09 Å². The fourth-order valence-electron chi connectivity index (χ4n) is 2.35. The Kier molecular flexibility index (Phi) is 4.24. The van der Waals surface area contributed by atoms with Crippen molar-refractivity contribution in [3.05, 3.63) is 35.9 Å². The van der Waals surface area contributed by atoms with E-state index < -0.39 is 0 Å². The molecule has 3 nitrogen and oxygen atoms in total. The number of amides is 1. The minimum atomic E-state index is -0.182. The van der Waals surface area contributed by atoms with Crippen LogP contribution >= 0.6 is 0 Å². The zero-order valence-corrected chi connectivity index (χ0v) is 11.1. The Morgan fingerprint density at radius 3 is 2.72 bits per heavy atom. The minimum absolute atomic E-state index is 0.182. The number of likely N-dealkylation sites (tertiary alicyclic amines) is 1. The van der Waals surface area contributed by atoms with Crippen molar-refractivity contribution in [2.75, 3.05) is 6.54 Å². The lowest BCUT2D eigenvalue weighted by Crippen LogP contribution is -2.45. The maximum atomic E-state index is 12.0. The fourth-order valence-corrected chi connectivity index (χ4v) is 2.35. The summed E-state index contributed by atoms with van der Waals surface area (Å²) in [5.41, 5.74) is 1.03. The molecule has 2 rings (SSSR count). The van der Waals surface area contributed by atoms with E-state index in [1.807, 2.05) is 35.2 Å². The van der Waals surface area contributed by atoms with Gasteiger partial charge < -0.3 is 9.64 Å². The summed E-state index contributed by atoms with van der Waals surface area (Å²) in [4.78, 5) is 13.9. The summed E-state index contributed by atoms with van der Waals surface area (Å²) in [5, 5.41) is 0. The summed E-state index contributed by atoms with van der Waals surface area (Å²) in [6, 6.07) is 10.1. The highest BCUT2D eigenvalue weighted by Crippen LogP contribution is 2.22. The molecule has 0 spiro atoms. The van der Waals surface area contributed by atoms with Gasteiger partial charge in [-0.15, -0.1) is 0 Å². The number of rotatable bonds is 2. The van der Waals surface area contributed by atoms with Crippen LogP contribution in [-0.2, 0) is 11.3 Å². The summed E-state index contributed by atoms with van der Waals surface area (Å²) in [6.45, 7) is 5.45. The first-order valence-corrected chi connectivity index (χ1v) is 6.64. The van der Waals surface area contributed by atoms with E-state index in [4.69, 9.17) is 4.74 Å². The third-order valence-corrected chi connectivity index (χ3v) is 3.56. The van der Waals surface area contributed by atoms with Crippen LogP contribution in [-0.4, -0.2) is 23.6 Å². The van der Waals surface area contributed by atoms with Crippen LogP contribution in [0.4, 0.5) is 4.79 Å². The van der Waals surface area contributed by atoms with E-state index in [0.717, 1.165) is 18.5 Å². The van der Waals surface area contributed by atoms with Gasteiger partial charge in [0, 0.05) is 12.6 Å². The second-order valence-electron chi connectivity index (χ2n) is 5.22.